The van der Waals surface area contributed by atoms with Crippen LogP contribution in [0.3, 0.4) is 0 Å². The third-order valence-corrected chi connectivity index (χ3v) is 3.95. The summed E-state index contributed by atoms with van der Waals surface area (Å²) >= 11 is 4.83. The Labute approximate surface area is 97.0 Å². The van der Waals surface area contributed by atoms with Gasteiger partial charge >= 0.3 is 0 Å². The summed E-state index contributed by atoms with van der Waals surface area (Å²) in [7, 11) is -3.56. The van der Waals surface area contributed by atoms with Crippen molar-refractivity contribution in [1.82, 2.24) is 9.44 Å². The van der Waals surface area contributed by atoms with E-state index in [1.165, 1.54) is 0 Å². The Morgan fingerprint density at radius 3 is 2.27 bits per heavy atom. The van der Waals surface area contributed by atoms with Gasteiger partial charge in [0.05, 0.1) is 10.5 Å². The van der Waals surface area contributed by atoms with Crippen LogP contribution in [0.4, 0.5) is 0 Å². The number of thiocarbonyl (C=S) groups is 1. The van der Waals surface area contributed by atoms with E-state index in [1.54, 1.807) is 20.8 Å². The molecule has 0 aromatic rings. The second kappa shape index (κ2) is 5.20. The largest absolute Gasteiger partial charge is 0.392 e. The van der Waals surface area contributed by atoms with Crippen molar-refractivity contribution in [2.45, 2.75) is 45.7 Å². The van der Waals surface area contributed by atoms with E-state index in [0.717, 1.165) is 0 Å². The van der Waals surface area contributed by atoms with Gasteiger partial charge in [0, 0.05) is 6.04 Å². The Balaban J connectivity index is 4.77. The first kappa shape index (κ1) is 14.8. The van der Waals surface area contributed by atoms with Gasteiger partial charge in [-0.25, -0.2) is 0 Å². The Hall–Kier alpha value is -0.240. The van der Waals surface area contributed by atoms with Gasteiger partial charge in [0.2, 0.25) is 0 Å². The van der Waals surface area contributed by atoms with E-state index >= 15 is 0 Å². The maximum Gasteiger partial charge on any atom is 0.278 e. The molecule has 0 spiro atoms. The minimum atomic E-state index is -3.56. The second-order valence-corrected chi connectivity index (χ2v) is 5.81. The van der Waals surface area contributed by atoms with Crippen molar-refractivity contribution in [3.63, 3.8) is 0 Å². The molecular formula is C8H19N3O2S2. The summed E-state index contributed by atoms with van der Waals surface area (Å²) in [6.07, 6.45) is 0.501. The van der Waals surface area contributed by atoms with Crippen LogP contribution in [0.1, 0.15) is 34.1 Å². The van der Waals surface area contributed by atoms with Gasteiger partial charge in [0.25, 0.3) is 10.2 Å². The SMILES string of the molecule is CCC(C)(NS(=O)(=O)NC(C)C)C(N)=S. The van der Waals surface area contributed by atoms with Gasteiger partial charge in [-0.2, -0.15) is 17.9 Å². The zero-order valence-electron chi connectivity index (χ0n) is 9.49. The molecule has 1 atom stereocenters. The first-order chi connectivity index (χ1) is 6.63. The van der Waals surface area contributed by atoms with Crippen molar-refractivity contribution in [1.29, 1.82) is 0 Å². The van der Waals surface area contributed by atoms with Crippen LogP contribution in [0.25, 0.3) is 0 Å². The summed E-state index contributed by atoms with van der Waals surface area (Å²) in [6.45, 7) is 6.96. The molecule has 0 bridgehead atoms. The molecule has 0 saturated heterocycles. The first-order valence-electron chi connectivity index (χ1n) is 4.74. The Kier molecular flexibility index (Phi) is 5.12. The van der Waals surface area contributed by atoms with Crippen molar-refractivity contribution in [3.05, 3.63) is 0 Å². The predicted octanol–water partition coefficient (Wildman–Crippen LogP) is 0.274. The fourth-order valence-electron chi connectivity index (χ4n) is 0.933. The van der Waals surface area contributed by atoms with E-state index in [4.69, 9.17) is 18.0 Å². The molecule has 90 valence electrons. The van der Waals surface area contributed by atoms with Crippen LogP contribution in [-0.2, 0) is 10.2 Å². The molecule has 0 fully saturated rings. The monoisotopic (exact) mass is 253 g/mol. The van der Waals surface area contributed by atoms with Gasteiger partial charge in [-0.05, 0) is 27.2 Å². The van der Waals surface area contributed by atoms with E-state index in [2.05, 4.69) is 9.44 Å². The summed E-state index contributed by atoms with van der Waals surface area (Å²) in [5, 5.41) is 0. The van der Waals surface area contributed by atoms with E-state index in [1.807, 2.05) is 6.92 Å². The third kappa shape index (κ3) is 4.87. The fraction of sp³-hybridized carbons (Fsp3) is 0.875. The fourth-order valence-corrected chi connectivity index (χ4v) is 2.72. The summed E-state index contributed by atoms with van der Waals surface area (Å²) in [6, 6.07) is -0.171. The van der Waals surface area contributed by atoms with Gasteiger partial charge < -0.3 is 5.73 Å². The van der Waals surface area contributed by atoms with Crippen LogP contribution in [0.15, 0.2) is 0 Å². The summed E-state index contributed by atoms with van der Waals surface area (Å²) < 4.78 is 28.0. The molecule has 15 heavy (non-hydrogen) atoms. The average molecular weight is 253 g/mol. The number of hydrogen-bond donors (Lipinski definition) is 3. The third-order valence-electron chi connectivity index (χ3n) is 2.00. The molecular weight excluding hydrogens is 234 g/mol. The normalized spacial score (nSPS) is 16.3. The number of nitrogens with one attached hydrogen (secondary N) is 2. The maximum atomic E-state index is 11.6. The van der Waals surface area contributed by atoms with Crippen LogP contribution in [0.5, 0.6) is 0 Å². The quantitative estimate of drug-likeness (QED) is 0.593. The van der Waals surface area contributed by atoms with Gasteiger partial charge in [0.1, 0.15) is 0 Å². The van der Waals surface area contributed by atoms with Crippen LogP contribution in [0, 0.1) is 0 Å². The molecule has 0 aromatic heterocycles. The molecule has 0 rings (SSSR count). The van der Waals surface area contributed by atoms with Crippen molar-refractivity contribution >= 4 is 27.4 Å². The highest BCUT2D eigenvalue weighted by molar-refractivity contribution is 7.87. The Morgan fingerprint density at radius 2 is 2.00 bits per heavy atom. The molecule has 1 unspecified atom stereocenters. The van der Waals surface area contributed by atoms with E-state index in [0.29, 0.717) is 6.42 Å². The van der Waals surface area contributed by atoms with Crippen LogP contribution >= 0.6 is 12.2 Å². The summed E-state index contributed by atoms with van der Waals surface area (Å²) in [5.41, 5.74) is 4.62. The number of nitrogens with two attached hydrogens (primary N) is 1. The molecule has 0 aliphatic carbocycles. The second-order valence-electron chi connectivity index (χ2n) is 3.93. The van der Waals surface area contributed by atoms with E-state index in [-0.39, 0.29) is 11.0 Å². The molecule has 7 heteroatoms. The lowest BCUT2D eigenvalue weighted by Crippen LogP contribution is -2.57. The molecule has 0 aliphatic heterocycles. The van der Waals surface area contributed by atoms with Crippen LogP contribution < -0.4 is 15.2 Å². The number of hydrogen-bond acceptors (Lipinski definition) is 3. The van der Waals surface area contributed by atoms with Crippen LogP contribution in [0.2, 0.25) is 0 Å². The minimum absolute atomic E-state index is 0.138. The first-order valence-corrected chi connectivity index (χ1v) is 6.63. The molecule has 0 saturated carbocycles. The standard InChI is InChI=1S/C8H19N3O2S2/c1-5-8(4,7(9)14)11-15(12,13)10-6(2)3/h6,10-11H,5H2,1-4H3,(H2,9,14). The van der Waals surface area contributed by atoms with E-state index < -0.39 is 15.7 Å². The predicted molar refractivity (Wildman–Crippen MR) is 65.8 cm³/mol. The lowest BCUT2D eigenvalue weighted by Gasteiger charge is -2.28. The minimum Gasteiger partial charge on any atom is -0.392 e. The van der Waals surface area contributed by atoms with Crippen LogP contribution in [-0.4, -0.2) is 25.0 Å². The summed E-state index contributed by atoms with van der Waals surface area (Å²) in [5.74, 6) is 0. The zero-order valence-corrected chi connectivity index (χ0v) is 11.1. The topological polar surface area (TPSA) is 84.2 Å². The molecule has 0 heterocycles. The lowest BCUT2D eigenvalue weighted by atomic mass is 10.0. The highest BCUT2D eigenvalue weighted by atomic mass is 32.2. The van der Waals surface area contributed by atoms with Crippen molar-refractivity contribution in [2.75, 3.05) is 0 Å². The van der Waals surface area contributed by atoms with Crippen molar-refractivity contribution in [3.8, 4) is 0 Å². The molecule has 0 aliphatic rings. The molecule has 4 N–H and O–H groups in total. The molecule has 0 amide bonds. The highest BCUT2D eigenvalue weighted by Gasteiger charge is 2.30. The number of rotatable bonds is 6. The average Bonchev–Trinajstić information content (AvgIpc) is 2.00. The van der Waals surface area contributed by atoms with Crippen molar-refractivity contribution < 1.29 is 8.42 Å². The smallest absolute Gasteiger partial charge is 0.278 e. The van der Waals surface area contributed by atoms with Gasteiger partial charge in [-0.15, -0.1) is 0 Å². The Bertz CT molecular complexity index is 327. The van der Waals surface area contributed by atoms with Crippen molar-refractivity contribution in [2.24, 2.45) is 5.73 Å². The highest BCUT2D eigenvalue weighted by Crippen LogP contribution is 2.10. The Morgan fingerprint density at radius 1 is 1.53 bits per heavy atom. The lowest BCUT2D eigenvalue weighted by molar-refractivity contribution is 0.497. The maximum absolute atomic E-state index is 11.6. The summed E-state index contributed by atoms with van der Waals surface area (Å²) in [4.78, 5) is 0.138. The molecule has 0 aromatic carbocycles. The molecule has 0 radical (unpaired) electrons. The molecule has 5 nitrogen and oxygen atoms in total. The van der Waals surface area contributed by atoms with Gasteiger partial charge in [-0.3, -0.25) is 0 Å². The van der Waals surface area contributed by atoms with E-state index in [9.17, 15) is 8.42 Å². The van der Waals surface area contributed by atoms with Gasteiger partial charge in [-0.1, -0.05) is 19.1 Å². The zero-order chi connectivity index (χ0) is 12.3. The van der Waals surface area contributed by atoms with Gasteiger partial charge in [0.15, 0.2) is 0 Å².